The molecule has 0 aliphatic heterocycles. The summed E-state index contributed by atoms with van der Waals surface area (Å²) in [4.78, 5) is 0. The van der Waals surface area contributed by atoms with Gasteiger partial charge < -0.3 is 20.4 Å². The number of aliphatic hydroxyl groups is 2. The second-order valence-electron chi connectivity index (χ2n) is 12.4. The van der Waals surface area contributed by atoms with Gasteiger partial charge in [0.1, 0.15) is 11.5 Å². The van der Waals surface area contributed by atoms with Crippen LogP contribution in [0, 0.1) is 5.92 Å². The zero-order chi connectivity index (χ0) is 26.1. The average Bonchev–Trinajstić information content (AvgIpc) is 3.47. The van der Waals surface area contributed by atoms with Gasteiger partial charge in [-0.2, -0.15) is 0 Å². The van der Waals surface area contributed by atoms with Gasteiger partial charge in [-0.25, -0.2) is 0 Å². The maximum Gasteiger partial charge on any atom is 0.123 e. The van der Waals surface area contributed by atoms with Crippen LogP contribution in [-0.4, -0.2) is 33.6 Å². The Morgan fingerprint density at radius 1 is 0.667 bits per heavy atom. The van der Waals surface area contributed by atoms with Crippen molar-refractivity contribution in [2.45, 2.75) is 109 Å². The number of benzene rings is 2. The molecule has 0 bridgehead atoms. The quantitative estimate of drug-likeness (QED) is 0.316. The van der Waals surface area contributed by atoms with Crippen LogP contribution in [0.4, 0.5) is 0 Å². The molecule has 4 heteroatoms. The van der Waals surface area contributed by atoms with Crippen molar-refractivity contribution in [1.82, 2.24) is 0 Å². The zero-order valence-electron chi connectivity index (χ0n) is 22.7. The number of rotatable bonds is 9. The van der Waals surface area contributed by atoms with Gasteiger partial charge in [-0.1, -0.05) is 77.6 Å². The predicted molar refractivity (Wildman–Crippen MR) is 146 cm³/mol. The molecule has 2 aliphatic rings. The third-order valence-corrected chi connectivity index (χ3v) is 9.25. The van der Waals surface area contributed by atoms with E-state index in [0.717, 1.165) is 84.7 Å². The average molecular weight is 495 g/mol. The lowest BCUT2D eigenvalue weighted by Crippen LogP contribution is -2.21. The Bertz CT molecular complexity index is 977. The van der Waals surface area contributed by atoms with Crippen molar-refractivity contribution in [2.24, 2.45) is 5.92 Å². The standard InChI is InChI=1S/C32H46O4/c1-21(2)28(24-17-22(9-15-33)19-26(29(24)35)31(3)11-5-6-12-31)25-18-23(10-16-34)20-27(30(25)36)32(4)13-7-8-14-32/h17-21,28,33-36H,5-16H2,1-4H3. The molecule has 198 valence electrons. The maximum absolute atomic E-state index is 11.8. The van der Waals surface area contributed by atoms with Crippen LogP contribution in [0.5, 0.6) is 11.5 Å². The number of hydrogen-bond acceptors (Lipinski definition) is 4. The summed E-state index contributed by atoms with van der Waals surface area (Å²) in [5, 5.41) is 43.1. The lowest BCUT2D eigenvalue weighted by Gasteiger charge is -2.33. The fourth-order valence-electron chi connectivity index (χ4n) is 7.11. The summed E-state index contributed by atoms with van der Waals surface area (Å²) in [7, 11) is 0. The first-order chi connectivity index (χ1) is 17.1. The van der Waals surface area contributed by atoms with Crippen molar-refractivity contribution in [3.05, 3.63) is 57.6 Å². The van der Waals surface area contributed by atoms with Crippen LogP contribution in [0.15, 0.2) is 24.3 Å². The van der Waals surface area contributed by atoms with Crippen LogP contribution in [0.2, 0.25) is 0 Å². The van der Waals surface area contributed by atoms with Crippen molar-refractivity contribution < 1.29 is 20.4 Å². The van der Waals surface area contributed by atoms with Crippen LogP contribution in [-0.2, 0) is 23.7 Å². The van der Waals surface area contributed by atoms with Gasteiger partial charge in [0.2, 0.25) is 0 Å². The van der Waals surface area contributed by atoms with E-state index in [-0.39, 0.29) is 35.9 Å². The maximum atomic E-state index is 11.8. The summed E-state index contributed by atoms with van der Waals surface area (Å²) >= 11 is 0. The molecule has 2 saturated carbocycles. The van der Waals surface area contributed by atoms with Crippen molar-refractivity contribution >= 4 is 0 Å². The molecule has 2 aromatic carbocycles. The van der Waals surface area contributed by atoms with Gasteiger partial charge in [-0.05, 0) is 66.4 Å². The molecule has 0 radical (unpaired) electrons. The van der Waals surface area contributed by atoms with Gasteiger partial charge in [-0.3, -0.25) is 0 Å². The third kappa shape index (κ3) is 5.04. The van der Waals surface area contributed by atoms with E-state index in [1.54, 1.807) is 0 Å². The highest BCUT2D eigenvalue weighted by Crippen LogP contribution is 2.52. The van der Waals surface area contributed by atoms with E-state index in [0.29, 0.717) is 24.3 Å². The van der Waals surface area contributed by atoms with Crippen LogP contribution in [0.25, 0.3) is 0 Å². The molecule has 0 saturated heterocycles. The van der Waals surface area contributed by atoms with Crippen LogP contribution in [0.1, 0.15) is 118 Å². The van der Waals surface area contributed by atoms with Crippen molar-refractivity contribution in [3.63, 3.8) is 0 Å². The van der Waals surface area contributed by atoms with Crippen LogP contribution < -0.4 is 0 Å². The van der Waals surface area contributed by atoms with Crippen molar-refractivity contribution in [2.75, 3.05) is 13.2 Å². The number of phenolic OH excluding ortho intramolecular Hbond substituents is 2. The molecule has 2 fully saturated rings. The van der Waals surface area contributed by atoms with Crippen LogP contribution in [0.3, 0.4) is 0 Å². The zero-order valence-corrected chi connectivity index (χ0v) is 22.7. The molecular weight excluding hydrogens is 448 g/mol. The summed E-state index contributed by atoms with van der Waals surface area (Å²) in [5.74, 6) is 0.625. The minimum atomic E-state index is -0.199. The fraction of sp³-hybridized carbons (Fsp3) is 0.625. The van der Waals surface area contributed by atoms with E-state index in [2.05, 4.69) is 39.8 Å². The molecule has 4 rings (SSSR count). The van der Waals surface area contributed by atoms with Crippen molar-refractivity contribution in [1.29, 1.82) is 0 Å². The summed E-state index contributed by atoms with van der Waals surface area (Å²) in [6, 6.07) is 8.30. The SMILES string of the molecule is CC(C)C(c1cc(CCO)cc(C2(C)CCCC2)c1O)c1cc(CCO)cc(C2(C)CCCC2)c1O. The van der Waals surface area contributed by atoms with E-state index < -0.39 is 0 Å². The Balaban J connectivity index is 1.94. The van der Waals surface area contributed by atoms with Gasteiger partial charge in [0.25, 0.3) is 0 Å². The molecule has 2 aromatic rings. The molecule has 4 N–H and O–H groups in total. The molecular formula is C32H46O4. The van der Waals surface area contributed by atoms with Crippen molar-refractivity contribution in [3.8, 4) is 11.5 Å². The smallest absolute Gasteiger partial charge is 0.123 e. The lowest BCUT2D eigenvalue weighted by atomic mass is 9.72. The summed E-state index contributed by atoms with van der Waals surface area (Å²) in [6.07, 6.45) is 9.93. The second-order valence-corrected chi connectivity index (χ2v) is 12.4. The number of hydrogen-bond donors (Lipinski definition) is 4. The molecule has 0 heterocycles. The Labute approximate surface area is 217 Å². The highest BCUT2D eigenvalue weighted by Gasteiger charge is 2.38. The van der Waals surface area contributed by atoms with E-state index in [4.69, 9.17) is 0 Å². The minimum absolute atomic E-state index is 0.0620. The van der Waals surface area contributed by atoms with E-state index in [9.17, 15) is 20.4 Å². The van der Waals surface area contributed by atoms with Gasteiger partial charge >= 0.3 is 0 Å². The molecule has 0 aromatic heterocycles. The first-order valence-electron chi connectivity index (χ1n) is 14.1. The van der Waals surface area contributed by atoms with Gasteiger partial charge in [-0.15, -0.1) is 0 Å². The highest BCUT2D eigenvalue weighted by atomic mass is 16.3. The molecule has 4 nitrogen and oxygen atoms in total. The Kier molecular flexibility index (Phi) is 8.07. The second kappa shape index (κ2) is 10.8. The molecule has 36 heavy (non-hydrogen) atoms. The largest absolute Gasteiger partial charge is 0.507 e. The first kappa shape index (κ1) is 27.0. The van der Waals surface area contributed by atoms with E-state index in [1.165, 1.54) is 0 Å². The monoisotopic (exact) mass is 494 g/mol. The number of phenols is 2. The van der Waals surface area contributed by atoms with E-state index in [1.807, 2.05) is 12.1 Å². The molecule has 0 unspecified atom stereocenters. The number of aromatic hydroxyl groups is 2. The minimum Gasteiger partial charge on any atom is -0.507 e. The predicted octanol–water partition coefficient (Wildman–Crippen LogP) is 6.62. The van der Waals surface area contributed by atoms with E-state index >= 15 is 0 Å². The highest BCUT2D eigenvalue weighted by molar-refractivity contribution is 5.57. The first-order valence-corrected chi connectivity index (χ1v) is 14.1. The number of aliphatic hydroxyl groups excluding tert-OH is 2. The van der Waals surface area contributed by atoms with Gasteiger partial charge in [0.15, 0.2) is 0 Å². The normalized spacial score (nSPS) is 19.0. The molecule has 0 spiro atoms. The summed E-state index contributed by atoms with van der Waals surface area (Å²) in [5.41, 5.74) is 5.59. The summed E-state index contributed by atoms with van der Waals surface area (Å²) < 4.78 is 0. The topological polar surface area (TPSA) is 80.9 Å². The van der Waals surface area contributed by atoms with Gasteiger partial charge in [0, 0.05) is 41.4 Å². The summed E-state index contributed by atoms with van der Waals surface area (Å²) in [6.45, 7) is 8.93. The fourth-order valence-corrected chi connectivity index (χ4v) is 7.11. The third-order valence-electron chi connectivity index (χ3n) is 9.25. The Morgan fingerprint density at radius 3 is 1.33 bits per heavy atom. The Morgan fingerprint density at radius 2 is 1.03 bits per heavy atom. The molecule has 2 aliphatic carbocycles. The molecule has 0 atom stereocenters. The van der Waals surface area contributed by atoms with Gasteiger partial charge in [0.05, 0.1) is 0 Å². The Hall–Kier alpha value is -2.04. The molecule has 0 amide bonds. The lowest BCUT2D eigenvalue weighted by molar-refractivity contribution is 0.299. The van der Waals surface area contributed by atoms with Crippen LogP contribution >= 0.6 is 0 Å².